The SMILES string of the molecule is CCCCCNc1ccc(C(=O)N2CCc3ccccc32)nn1. The van der Waals surface area contributed by atoms with Crippen LogP contribution in [-0.2, 0) is 6.42 Å². The van der Waals surface area contributed by atoms with Gasteiger partial charge in [-0.3, -0.25) is 4.79 Å². The monoisotopic (exact) mass is 310 g/mol. The number of para-hydroxylation sites is 1. The highest BCUT2D eigenvalue weighted by Gasteiger charge is 2.26. The Morgan fingerprint density at radius 1 is 1.17 bits per heavy atom. The summed E-state index contributed by atoms with van der Waals surface area (Å²) in [7, 11) is 0. The molecular formula is C18H22N4O. The molecule has 2 heterocycles. The summed E-state index contributed by atoms with van der Waals surface area (Å²) < 4.78 is 0. The van der Waals surface area contributed by atoms with E-state index in [1.807, 2.05) is 24.3 Å². The van der Waals surface area contributed by atoms with E-state index in [4.69, 9.17) is 0 Å². The number of hydrogen-bond acceptors (Lipinski definition) is 4. The number of carbonyl (C=O) groups excluding carboxylic acids is 1. The van der Waals surface area contributed by atoms with E-state index in [1.165, 1.54) is 18.4 Å². The summed E-state index contributed by atoms with van der Waals surface area (Å²) in [5.41, 5.74) is 2.59. The largest absolute Gasteiger partial charge is 0.369 e. The molecule has 1 aromatic heterocycles. The summed E-state index contributed by atoms with van der Waals surface area (Å²) in [5, 5.41) is 11.4. The Labute approximate surface area is 136 Å². The van der Waals surface area contributed by atoms with Crippen LogP contribution in [0.4, 0.5) is 11.5 Å². The number of rotatable bonds is 6. The first-order chi connectivity index (χ1) is 11.3. The molecule has 120 valence electrons. The number of carbonyl (C=O) groups is 1. The van der Waals surface area contributed by atoms with Gasteiger partial charge in [0.05, 0.1) is 0 Å². The van der Waals surface area contributed by atoms with E-state index in [9.17, 15) is 4.79 Å². The second kappa shape index (κ2) is 7.22. The Bertz CT molecular complexity index is 669. The maximum atomic E-state index is 12.6. The molecule has 0 unspecified atom stereocenters. The number of nitrogens with one attached hydrogen (secondary N) is 1. The first-order valence-electron chi connectivity index (χ1n) is 8.27. The van der Waals surface area contributed by atoms with Crippen LogP contribution in [0.5, 0.6) is 0 Å². The summed E-state index contributed by atoms with van der Waals surface area (Å²) in [6.45, 7) is 3.77. The molecule has 23 heavy (non-hydrogen) atoms. The van der Waals surface area contributed by atoms with Crippen LogP contribution in [0.3, 0.4) is 0 Å². The van der Waals surface area contributed by atoms with Crippen LogP contribution in [0.25, 0.3) is 0 Å². The number of fused-ring (bicyclic) bond motifs is 1. The number of aromatic nitrogens is 2. The molecular weight excluding hydrogens is 288 g/mol. The zero-order valence-electron chi connectivity index (χ0n) is 13.5. The number of benzene rings is 1. The maximum Gasteiger partial charge on any atom is 0.278 e. The van der Waals surface area contributed by atoms with E-state index < -0.39 is 0 Å². The van der Waals surface area contributed by atoms with Crippen molar-refractivity contribution < 1.29 is 4.79 Å². The number of anilines is 2. The van der Waals surface area contributed by atoms with Crippen LogP contribution in [0.2, 0.25) is 0 Å². The molecule has 1 amide bonds. The van der Waals surface area contributed by atoms with Crippen LogP contribution < -0.4 is 10.2 Å². The highest BCUT2D eigenvalue weighted by Crippen LogP contribution is 2.28. The molecule has 0 saturated heterocycles. The van der Waals surface area contributed by atoms with Crippen LogP contribution in [0.1, 0.15) is 42.2 Å². The average Bonchev–Trinajstić information content (AvgIpc) is 3.03. The van der Waals surface area contributed by atoms with Gasteiger partial charge in [0.2, 0.25) is 0 Å². The predicted octanol–water partition coefficient (Wildman–Crippen LogP) is 3.28. The van der Waals surface area contributed by atoms with Crippen molar-refractivity contribution in [2.45, 2.75) is 32.6 Å². The minimum Gasteiger partial charge on any atom is -0.369 e. The quantitative estimate of drug-likeness (QED) is 0.832. The van der Waals surface area contributed by atoms with Gasteiger partial charge in [-0.25, -0.2) is 0 Å². The van der Waals surface area contributed by atoms with Crippen LogP contribution in [0.15, 0.2) is 36.4 Å². The summed E-state index contributed by atoms with van der Waals surface area (Å²) in [5.74, 6) is 0.638. The lowest BCUT2D eigenvalue weighted by Crippen LogP contribution is -2.29. The van der Waals surface area contributed by atoms with Gasteiger partial charge in [0.25, 0.3) is 5.91 Å². The van der Waals surface area contributed by atoms with E-state index in [0.717, 1.165) is 30.9 Å². The third-order valence-corrected chi connectivity index (χ3v) is 4.10. The van der Waals surface area contributed by atoms with Gasteiger partial charge in [-0.15, -0.1) is 10.2 Å². The third-order valence-electron chi connectivity index (χ3n) is 4.10. The average molecular weight is 310 g/mol. The number of amides is 1. The standard InChI is InChI=1S/C18H22N4O/c1-2-3-6-12-19-17-10-9-15(20-21-17)18(23)22-13-11-14-7-4-5-8-16(14)22/h4-5,7-10H,2-3,6,11-13H2,1H3,(H,19,21). The molecule has 0 saturated carbocycles. The highest BCUT2D eigenvalue weighted by molar-refractivity contribution is 6.06. The van der Waals surface area contributed by atoms with Crippen molar-refractivity contribution in [3.63, 3.8) is 0 Å². The Balaban J connectivity index is 1.65. The topological polar surface area (TPSA) is 58.1 Å². The Morgan fingerprint density at radius 3 is 2.83 bits per heavy atom. The summed E-state index contributed by atoms with van der Waals surface area (Å²) in [6.07, 6.45) is 4.40. The second-order valence-corrected chi connectivity index (χ2v) is 5.77. The Kier molecular flexibility index (Phi) is 4.86. The van der Waals surface area contributed by atoms with Gasteiger partial charge in [-0.05, 0) is 36.6 Å². The molecule has 1 aliphatic heterocycles. The lowest BCUT2D eigenvalue weighted by Gasteiger charge is -2.16. The zero-order valence-corrected chi connectivity index (χ0v) is 13.5. The van der Waals surface area contributed by atoms with Gasteiger partial charge in [0.1, 0.15) is 5.82 Å². The third kappa shape index (κ3) is 3.50. The highest BCUT2D eigenvalue weighted by atomic mass is 16.2. The van der Waals surface area contributed by atoms with E-state index in [-0.39, 0.29) is 5.91 Å². The molecule has 0 bridgehead atoms. The zero-order chi connectivity index (χ0) is 16.1. The van der Waals surface area contributed by atoms with Crippen LogP contribution in [-0.4, -0.2) is 29.2 Å². The molecule has 0 atom stereocenters. The molecule has 3 rings (SSSR count). The predicted molar refractivity (Wildman–Crippen MR) is 91.9 cm³/mol. The molecule has 2 aromatic rings. The molecule has 0 fully saturated rings. The van der Waals surface area contributed by atoms with E-state index in [2.05, 4.69) is 28.5 Å². The van der Waals surface area contributed by atoms with Gasteiger partial charge in [-0.2, -0.15) is 0 Å². The molecule has 1 aromatic carbocycles. The molecule has 5 heteroatoms. The minimum absolute atomic E-state index is 0.0833. The molecule has 1 aliphatic rings. The van der Waals surface area contributed by atoms with E-state index >= 15 is 0 Å². The van der Waals surface area contributed by atoms with Crippen molar-refractivity contribution >= 4 is 17.4 Å². The van der Waals surface area contributed by atoms with Gasteiger partial charge < -0.3 is 10.2 Å². The summed E-state index contributed by atoms with van der Waals surface area (Å²) >= 11 is 0. The van der Waals surface area contributed by atoms with Crippen LogP contribution in [0, 0.1) is 0 Å². The first-order valence-corrected chi connectivity index (χ1v) is 8.27. The molecule has 0 spiro atoms. The van der Waals surface area contributed by atoms with Crippen molar-refractivity contribution in [3.8, 4) is 0 Å². The molecule has 0 aliphatic carbocycles. The fourth-order valence-electron chi connectivity index (χ4n) is 2.82. The van der Waals surface area contributed by atoms with E-state index in [1.54, 1.807) is 11.0 Å². The van der Waals surface area contributed by atoms with Gasteiger partial charge >= 0.3 is 0 Å². The molecule has 5 nitrogen and oxygen atoms in total. The van der Waals surface area contributed by atoms with E-state index in [0.29, 0.717) is 12.2 Å². The van der Waals surface area contributed by atoms with Crippen molar-refractivity contribution in [3.05, 3.63) is 47.7 Å². The fourth-order valence-corrected chi connectivity index (χ4v) is 2.82. The Hall–Kier alpha value is -2.43. The molecule has 1 N–H and O–H groups in total. The van der Waals surface area contributed by atoms with Gasteiger partial charge in [0.15, 0.2) is 5.69 Å². The van der Waals surface area contributed by atoms with Crippen molar-refractivity contribution in [1.82, 2.24) is 10.2 Å². The smallest absolute Gasteiger partial charge is 0.278 e. The van der Waals surface area contributed by atoms with Crippen molar-refractivity contribution in [2.75, 3.05) is 23.3 Å². The minimum atomic E-state index is -0.0833. The number of hydrogen-bond donors (Lipinski definition) is 1. The number of unbranched alkanes of at least 4 members (excludes halogenated alkanes) is 2. The fraction of sp³-hybridized carbons (Fsp3) is 0.389. The van der Waals surface area contributed by atoms with Crippen molar-refractivity contribution in [2.24, 2.45) is 0 Å². The summed E-state index contributed by atoms with van der Waals surface area (Å²) in [4.78, 5) is 14.4. The molecule has 0 radical (unpaired) electrons. The first kappa shape index (κ1) is 15.5. The van der Waals surface area contributed by atoms with Crippen molar-refractivity contribution in [1.29, 1.82) is 0 Å². The van der Waals surface area contributed by atoms with Gasteiger partial charge in [-0.1, -0.05) is 38.0 Å². The van der Waals surface area contributed by atoms with Gasteiger partial charge in [0, 0.05) is 18.8 Å². The lowest BCUT2D eigenvalue weighted by atomic mass is 10.2. The second-order valence-electron chi connectivity index (χ2n) is 5.77. The van der Waals surface area contributed by atoms with Crippen LogP contribution >= 0.6 is 0 Å². The Morgan fingerprint density at radius 2 is 2.04 bits per heavy atom. The number of nitrogens with zero attached hydrogens (tertiary/aromatic N) is 3. The maximum absolute atomic E-state index is 12.6. The lowest BCUT2D eigenvalue weighted by molar-refractivity contribution is 0.0983. The summed E-state index contributed by atoms with van der Waals surface area (Å²) in [6, 6.07) is 11.6. The normalized spacial score (nSPS) is 13.0.